The molecule has 1 spiro atoms. The third-order valence-corrected chi connectivity index (χ3v) is 6.36. The molecule has 166 valence electrons. The molecule has 2 aliphatic rings. The molecule has 3 rings (SSSR count). The number of nitrogens with zero attached hydrogens (tertiary/aromatic N) is 2. The third-order valence-electron chi connectivity index (χ3n) is 4.86. The molecule has 12 heteroatoms. The Bertz CT molecular complexity index is 947. The molecule has 2 saturated heterocycles. The topological polar surface area (TPSA) is 96.0 Å². The van der Waals surface area contributed by atoms with Crippen LogP contribution in [0.15, 0.2) is 24.3 Å². The van der Waals surface area contributed by atoms with Crippen LogP contribution in [0.25, 0.3) is 0 Å². The quantitative estimate of drug-likeness (QED) is 0.711. The molecule has 0 saturated carbocycles. The van der Waals surface area contributed by atoms with Gasteiger partial charge in [0.2, 0.25) is 0 Å². The Balaban J connectivity index is 1.79. The van der Waals surface area contributed by atoms with E-state index in [1.165, 1.54) is 4.90 Å². The zero-order chi connectivity index (χ0) is 22.5. The number of nitrogens with one attached hydrogen (secondary N) is 1. The standard InChI is InChI=1S/C18H22F3N3O5S/c1-16(2,3)29-15(26)23-10-8-17(9-11-23)14(25)24(30(27,28)22-17)13-6-4-12(5-7-13)18(19,20)21/h4-7,22H,8-11H2,1-3H3. The summed E-state index contributed by atoms with van der Waals surface area (Å²) in [4.78, 5) is 26.6. The van der Waals surface area contributed by atoms with Crippen molar-refractivity contribution in [2.24, 2.45) is 0 Å². The number of likely N-dealkylation sites (tertiary alicyclic amines) is 1. The smallest absolute Gasteiger partial charge is 0.416 e. The van der Waals surface area contributed by atoms with Crippen molar-refractivity contribution < 1.29 is 35.9 Å². The highest BCUT2D eigenvalue weighted by Gasteiger charge is 2.56. The van der Waals surface area contributed by atoms with Crippen LogP contribution < -0.4 is 9.03 Å². The molecule has 2 heterocycles. The number of hydrogen-bond acceptors (Lipinski definition) is 5. The van der Waals surface area contributed by atoms with Crippen LogP contribution in [0.1, 0.15) is 39.2 Å². The molecule has 1 N–H and O–H groups in total. The van der Waals surface area contributed by atoms with Crippen molar-refractivity contribution >= 4 is 27.9 Å². The molecule has 30 heavy (non-hydrogen) atoms. The summed E-state index contributed by atoms with van der Waals surface area (Å²) in [6.07, 6.45) is -5.12. The lowest BCUT2D eigenvalue weighted by Crippen LogP contribution is -2.56. The minimum atomic E-state index is -4.58. The van der Waals surface area contributed by atoms with Gasteiger partial charge in [-0.15, -0.1) is 0 Å². The number of alkyl halides is 3. The van der Waals surface area contributed by atoms with Crippen molar-refractivity contribution in [1.82, 2.24) is 9.62 Å². The number of ether oxygens (including phenoxy) is 1. The van der Waals surface area contributed by atoms with Crippen molar-refractivity contribution in [2.45, 2.75) is 50.9 Å². The maximum absolute atomic E-state index is 13.0. The predicted molar refractivity (Wildman–Crippen MR) is 101 cm³/mol. The van der Waals surface area contributed by atoms with Crippen molar-refractivity contribution in [3.8, 4) is 0 Å². The predicted octanol–water partition coefficient (Wildman–Crippen LogP) is 2.66. The van der Waals surface area contributed by atoms with E-state index in [9.17, 15) is 31.2 Å². The Kier molecular flexibility index (Phi) is 5.30. The summed E-state index contributed by atoms with van der Waals surface area (Å²) in [7, 11) is -4.29. The Labute approximate surface area is 172 Å². The van der Waals surface area contributed by atoms with Crippen molar-refractivity contribution in [3.05, 3.63) is 29.8 Å². The van der Waals surface area contributed by atoms with Crippen LogP contribution in [0, 0.1) is 0 Å². The van der Waals surface area contributed by atoms with Crippen LogP contribution in [0.4, 0.5) is 23.7 Å². The second-order valence-electron chi connectivity index (χ2n) is 8.27. The molecule has 1 aromatic rings. The highest BCUT2D eigenvalue weighted by Crippen LogP contribution is 2.37. The summed E-state index contributed by atoms with van der Waals surface area (Å²) in [5, 5.41) is 0. The summed E-state index contributed by atoms with van der Waals surface area (Å²) in [6, 6.07) is 3.31. The lowest BCUT2D eigenvalue weighted by atomic mass is 9.87. The molecule has 8 nitrogen and oxygen atoms in total. The van der Waals surface area contributed by atoms with E-state index in [2.05, 4.69) is 4.72 Å². The van der Waals surface area contributed by atoms with Crippen LogP contribution in [0.2, 0.25) is 0 Å². The molecule has 2 fully saturated rings. The number of benzene rings is 1. The van der Waals surface area contributed by atoms with Crippen LogP contribution in [0.5, 0.6) is 0 Å². The van der Waals surface area contributed by atoms with E-state index >= 15 is 0 Å². The first kappa shape index (κ1) is 22.3. The van der Waals surface area contributed by atoms with Crippen molar-refractivity contribution in [2.75, 3.05) is 17.4 Å². The first-order valence-electron chi connectivity index (χ1n) is 9.19. The highest BCUT2D eigenvalue weighted by molar-refractivity contribution is 7.92. The average Bonchev–Trinajstić information content (AvgIpc) is 2.78. The van der Waals surface area contributed by atoms with Crippen LogP contribution in [0.3, 0.4) is 0 Å². The Morgan fingerprint density at radius 1 is 1.10 bits per heavy atom. The lowest BCUT2D eigenvalue weighted by Gasteiger charge is -2.37. The fraction of sp³-hybridized carbons (Fsp3) is 0.556. The van der Waals surface area contributed by atoms with Gasteiger partial charge in [0.05, 0.1) is 11.3 Å². The van der Waals surface area contributed by atoms with E-state index in [1.54, 1.807) is 20.8 Å². The van der Waals surface area contributed by atoms with Crippen LogP contribution >= 0.6 is 0 Å². The summed E-state index contributed by atoms with van der Waals surface area (Å²) in [6.45, 7) is 5.32. The van der Waals surface area contributed by atoms with Gasteiger partial charge in [0.1, 0.15) is 11.1 Å². The van der Waals surface area contributed by atoms with Gasteiger partial charge in [0.15, 0.2) is 0 Å². The summed E-state index contributed by atoms with van der Waals surface area (Å²) in [5.41, 5.74) is -3.30. The Morgan fingerprint density at radius 2 is 1.63 bits per heavy atom. The fourth-order valence-electron chi connectivity index (χ4n) is 3.39. The van der Waals surface area contributed by atoms with Gasteiger partial charge in [-0.2, -0.15) is 30.6 Å². The monoisotopic (exact) mass is 449 g/mol. The van der Waals surface area contributed by atoms with E-state index in [1.807, 2.05) is 0 Å². The summed E-state index contributed by atoms with van der Waals surface area (Å²) < 4.78 is 71.6. The number of piperidine rings is 1. The minimum absolute atomic E-state index is 0.0153. The largest absolute Gasteiger partial charge is 0.444 e. The second kappa shape index (κ2) is 7.12. The number of hydrogen-bond donors (Lipinski definition) is 1. The van der Waals surface area contributed by atoms with Gasteiger partial charge in [0.25, 0.3) is 5.91 Å². The van der Waals surface area contributed by atoms with E-state index in [0.29, 0.717) is 16.4 Å². The molecule has 0 aromatic heterocycles. The van der Waals surface area contributed by atoms with E-state index in [4.69, 9.17) is 4.74 Å². The molecule has 0 unspecified atom stereocenters. The summed E-state index contributed by atoms with van der Waals surface area (Å²) >= 11 is 0. The van der Waals surface area contributed by atoms with Crippen molar-refractivity contribution in [1.29, 1.82) is 0 Å². The molecule has 2 aliphatic heterocycles. The van der Waals surface area contributed by atoms with Crippen LogP contribution in [-0.2, 0) is 25.9 Å². The molecule has 0 bridgehead atoms. The maximum Gasteiger partial charge on any atom is 0.416 e. The summed E-state index contributed by atoms with van der Waals surface area (Å²) in [5.74, 6) is -0.786. The maximum atomic E-state index is 13.0. The zero-order valence-electron chi connectivity index (χ0n) is 16.6. The molecule has 2 amide bonds. The first-order valence-corrected chi connectivity index (χ1v) is 10.6. The molecule has 0 aliphatic carbocycles. The van der Waals surface area contributed by atoms with Gasteiger partial charge in [-0.25, -0.2) is 4.79 Å². The number of rotatable bonds is 1. The normalized spacial score (nSPS) is 21.2. The number of halogens is 3. The minimum Gasteiger partial charge on any atom is -0.444 e. The Morgan fingerprint density at radius 3 is 2.10 bits per heavy atom. The highest BCUT2D eigenvalue weighted by atomic mass is 32.2. The molecular formula is C18H22F3N3O5S. The SMILES string of the molecule is CC(C)(C)OC(=O)N1CCC2(CC1)NS(=O)(=O)N(c1ccc(C(F)(F)F)cc1)C2=O. The molecule has 0 atom stereocenters. The van der Waals surface area contributed by atoms with Gasteiger partial charge < -0.3 is 9.64 Å². The van der Waals surface area contributed by atoms with Gasteiger partial charge in [-0.1, -0.05) is 0 Å². The number of carbonyl (C=O) groups excluding carboxylic acids is 2. The molecule has 1 aromatic carbocycles. The van der Waals surface area contributed by atoms with Gasteiger partial charge >= 0.3 is 22.5 Å². The first-order chi connectivity index (χ1) is 13.6. The van der Waals surface area contributed by atoms with Crippen molar-refractivity contribution in [3.63, 3.8) is 0 Å². The second-order valence-corrected chi connectivity index (χ2v) is 9.79. The van der Waals surface area contributed by atoms with E-state index in [-0.39, 0.29) is 31.6 Å². The Hall–Kier alpha value is -2.34. The van der Waals surface area contributed by atoms with E-state index < -0.39 is 45.1 Å². The average molecular weight is 449 g/mol. The lowest BCUT2D eigenvalue weighted by molar-refractivity contribution is -0.137. The zero-order valence-corrected chi connectivity index (χ0v) is 17.4. The van der Waals surface area contributed by atoms with Gasteiger partial charge in [-0.05, 0) is 57.9 Å². The number of carbonyl (C=O) groups is 2. The molecule has 0 radical (unpaired) electrons. The third kappa shape index (κ3) is 4.24. The van der Waals surface area contributed by atoms with Gasteiger partial charge in [0, 0.05) is 13.1 Å². The number of amides is 2. The van der Waals surface area contributed by atoms with Gasteiger partial charge in [-0.3, -0.25) is 4.79 Å². The van der Waals surface area contributed by atoms with Crippen LogP contribution in [-0.4, -0.2) is 49.5 Å². The fourth-order valence-corrected chi connectivity index (χ4v) is 5.06. The van der Waals surface area contributed by atoms with E-state index in [0.717, 1.165) is 12.1 Å². The molecular weight excluding hydrogens is 427 g/mol. The number of anilines is 1.